The van der Waals surface area contributed by atoms with Crippen molar-refractivity contribution < 1.29 is 23.8 Å². The number of aromatic nitrogens is 2. The number of rotatable bonds is 9. The van der Waals surface area contributed by atoms with E-state index in [1.807, 2.05) is 6.92 Å². The fourth-order valence-electron chi connectivity index (χ4n) is 2.43. The number of ether oxygens (including phenoxy) is 3. The average Bonchev–Trinajstić information content (AvgIpc) is 2.90. The topological polar surface area (TPSA) is 91.7 Å². The van der Waals surface area contributed by atoms with Gasteiger partial charge in [0.15, 0.2) is 6.61 Å². The number of amides is 1. The smallest absolute Gasteiger partial charge is 0.306 e. The summed E-state index contributed by atoms with van der Waals surface area (Å²) in [4.78, 5) is 23.7. The molecule has 1 aromatic carbocycles. The number of methoxy groups -OCH3 is 1. The Bertz CT molecular complexity index is 783. The quantitative estimate of drug-likeness (QED) is 0.534. The van der Waals surface area contributed by atoms with Crippen LogP contribution in [0.4, 0.5) is 5.69 Å². The van der Waals surface area contributed by atoms with Crippen LogP contribution in [0.25, 0.3) is 0 Å². The van der Waals surface area contributed by atoms with E-state index in [1.54, 1.807) is 50.0 Å². The molecule has 8 heteroatoms. The molecule has 0 unspecified atom stereocenters. The molecule has 0 atom stereocenters. The Kier molecular flexibility index (Phi) is 7.22. The van der Waals surface area contributed by atoms with Gasteiger partial charge in [-0.2, -0.15) is 5.10 Å². The van der Waals surface area contributed by atoms with E-state index >= 15 is 0 Å². The molecule has 27 heavy (non-hydrogen) atoms. The minimum absolute atomic E-state index is 0.175. The van der Waals surface area contributed by atoms with Crippen molar-refractivity contribution in [2.45, 2.75) is 26.7 Å². The zero-order chi connectivity index (χ0) is 19.8. The Hall–Kier alpha value is -3.03. The molecule has 0 radical (unpaired) electrons. The number of nitrogens with zero attached hydrogens (tertiary/aromatic N) is 2. The first-order chi connectivity index (χ1) is 12.9. The number of benzene rings is 1. The molecule has 0 bridgehead atoms. The molecule has 0 saturated heterocycles. The molecule has 146 valence electrons. The van der Waals surface area contributed by atoms with Crippen molar-refractivity contribution in [2.24, 2.45) is 7.05 Å². The highest BCUT2D eigenvalue weighted by Crippen LogP contribution is 2.18. The highest BCUT2D eigenvalue weighted by Gasteiger charge is 2.14. The Labute approximate surface area is 158 Å². The second kappa shape index (κ2) is 9.61. The largest absolute Gasteiger partial charge is 0.497 e. The molecule has 8 nitrogen and oxygen atoms in total. The summed E-state index contributed by atoms with van der Waals surface area (Å²) < 4.78 is 17.3. The third-order valence-electron chi connectivity index (χ3n) is 3.99. The van der Waals surface area contributed by atoms with Crippen LogP contribution in [0.5, 0.6) is 11.5 Å². The number of hydrogen-bond acceptors (Lipinski definition) is 6. The SMILES string of the molecule is COc1ccc(OCCCC(=O)OCC(=O)Nc2c(C)nn(C)c2C)cc1. The molecule has 1 N–H and O–H groups in total. The molecule has 1 heterocycles. The van der Waals surface area contributed by atoms with Gasteiger partial charge < -0.3 is 19.5 Å². The van der Waals surface area contributed by atoms with Crippen LogP contribution < -0.4 is 14.8 Å². The van der Waals surface area contributed by atoms with Crippen LogP contribution in [0.1, 0.15) is 24.2 Å². The average molecular weight is 375 g/mol. The lowest BCUT2D eigenvalue weighted by Crippen LogP contribution is -2.21. The van der Waals surface area contributed by atoms with E-state index < -0.39 is 11.9 Å². The maximum absolute atomic E-state index is 11.9. The number of nitrogens with one attached hydrogen (secondary N) is 1. The minimum atomic E-state index is -0.442. The van der Waals surface area contributed by atoms with Crippen molar-refractivity contribution in [1.29, 1.82) is 0 Å². The van der Waals surface area contributed by atoms with Crippen molar-refractivity contribution >= 4 is 17.6 Å². The first-order valence-electron chi connectivity index (χ1n) is 8.63. The van der Waals surface area contributed by atoms with E-state index in [2.05, 4.69) is 10.4 Å². The third-order valence-corrected chi connectivity index (χ3v) is 3.99. The lowest BCUT2D eigenvalue weighted by atomic mass is 10.3. The molecule has 0 fully saturated rings. The van der Waals surface area contributed by atoms with Crippen LogP contribution in [0.2, 0.25) is 0 Å². The van der Waals surface area contributed by atoms with Crippen molar-refractivity contribution in [3.63, 3.8) is 0 Å². The molecule has 0 aliphatic heterocycles. The van der Waals surface area contributed by atoms with E-state index in [1.165, 1.54) is 0 Å². The summed E-state index contributed by atoms with van der Waals surface area (Å²) in [5, 5.41) is 6.94. The molecular weight excluding hydrogens is 350 g/mol. The van der Waals surface area contributed by atoms with Gasteiger partial charge in [-0.25, -0.2) is 0 Å². The second-order valence-corrected chi connectivity index (χ2v) is 6.01. The summed E-state index contributed by atoms with van der Waals surface area (Å²) in [7, 11) is 3.40. The normalized spacial score (nSPS) is 10.4. The molecular formula is C19H25N3O5. The van der Waals surface area contributed by atoms with Gasteiger partial charge in [-0.05, 0) is 44.5 Å². The van der Waals surface area contributed by atoms with Crippen LogP contribution >= 0.6 is 0 Å². The lowest BCUT2D eigenvalue weighted by Gasteiger charge is -2.08. The summed E-state index contributed by atoms with van der Waals surface area (Å²) >= 11 is 0. The summed E-state index contributed by atoms with van der Waals surface area (Å²) in [5.74, 6) is 0.617. The summed E-state index contributed by atoms with van der Waals surface area (Å²) in [5.41, 5.74) is 2.19. The van der Waals surface area contributed by atoms with Crippen molar-refractivity contribution in [3.05, 3.63) is 35.7 Å². The van der Waals surface area contributed by atoms with Gasteiger partial charge in [0, 0.05) is 13.5 Å². The molecule has 0 spiro atoms. The molecule has 2 rings (SSSR count). The van der Waals surface area contributed by atoms with Gasteiger partial charge in [0.2, 0.25) is 0 Å². The predicted octanol–water partition coefficient (Wildman–Crippen LogP) is 2.39. The predicted molar refractivity (Wildman–Crippen MR) is 100.0 cm³/mol. The van der Waals surface area contributed by atoms with E-state index in [0.29, 0.717) is 30.2 Å². The summed E-state index contributed by atoms with van der Waals surface area (Å²) in [6, 6.07) is 7.19. The number of esters is 1. The van der Waals surface area contributed by atoms with Gasteiger partial charge in [-0.1, -0.05) is 0 Å². The van der Waals surface area contributed by atoms with Crippen LogP contribution in [0.15, 0.2) is 24.3 Å². The number of hydrogen-bond donors (Lipinski definition) is 1. The Balaban J connectivity index is 1.64. The Morgan fingerprint density at radius 3 is 2.41 bits per heavy atom. The Morgan fingerprint density at radius 1 is 1.15 bits per heavy atom. The Morgan fingerprint density at radius 2 is 1.81 bits per heavy atom. The molecule has 0 aliphatic rings. The standard InChI is InChI=1S/C19H25N3O5/c1-13-19(14(2)22(3)21-13)20-17(23)12-27-18(24)6-5-11-26-16-9-7-15(25-4)8-10-16/h7-10H,5-6,11-12H2,1-4H3,(H,20,23). The monoisotopic (exact) mass is 375 g/mol. The number of aryl methyl sites for hydroxylation is 2. The number of carbonyl (C=O) groups excluding carboxylic acids is 2. The van der Waals surface area contributed by atoms with Gasteiger partial charge >= 0.3 is 5.97 Å². The third kappa shape index (κ3) is 6.02. The maximum Gasteiger partial charge on any atom is 0.306 e. The zero-order valence-corrected chi connectivity index (χ0v) is 16.1. The lowest BCUT2D eigenvalue weighted by molar-refractivity contribution is -0.147. The second-order valence-electron chi connectivity index (χ2n) is 6.01. The first-order valence-corrected chi connectivity index (χ1v) is 8.63. The number of carbonyl (C=O) groups is 2. The van der Waals surface area contributed by atoms with Crippen LogP contribution in [-0.4, -0.2) is 42.0 Å². The maximum atomic E-state index is 11.9. The molecule has 1 aromatic heterocycles. The molecule has 2 aromatic rings. The highest BCUT2D eigenvalue weighted by atomic mass is 16.5. The van der Waals surface area contributed by atoms with E-state index in [-0.39, 0.29) is 13.0 Å². The van der Waals surface area contributed by atoms with Crippen LogP contribution in [-0.2, 0) is 21.4 Å². The van der Waals surface area contributed by atoms with Gasteiger partial charge in [-0.15, -0.1) is 0 Å². The zero-order valence-electron chi connectivity index (χ0n) is 16.1. The van der Waals surface area contributed by atoms with Crippen molar-refractivity contribution in [1.82, 2.24) is 9.78 Å². The van der Waals surface area contributed by atoms with E-state index in [0.717, 1.165) is 11.4 Å². The fraction of sp³-hybridized carbons (Fsp3) is 0.421. The van der Waals surface area contributed by atoms with Crippen LogP contribution in [0.3, 0.4) is 0 Å². The summed E-state index contributed by atoms with van der Waals surface area (Å²) in [6.45, 7) is 3.70. The van der Waals surface area contributed by atoms with Gasteiger partial charge in [0.05, 0.1) is 30.8 Å². The molecule has 1 amide bonds. The van der Waals surface area contributed by atoms with Crippen LogP contribution in [0, 0.1) is 13.8 Å². The summed E-state index contributed by atoms with van der Waals surface area (Å²) in [6.07, 6.45) is 0.668. The van der Waals surface area contributed by atoms with Gasteiger partial charge in [0.1, 0.15) is 11.5 Å². The van der Waals surface area contributed by atoms with E-state index in [4.69, 9.17) is 14.2 Å². The molecule has 0 aliphatic carbocycles. The first kappa shape index (κ1) is 20.3. The number of anilines is 1. The fourth-order valence-corrected chi connectivity index (χ4v) is 2.43. The van der Waals surface area contributed by atoms with Gasteiger partial charge in [0.25, 0.3) is 5.91 Å². The van der Waals surface area contributed by atoms with Gasteiger partial charge in [-0.3, -0.25) is 14.3 Å². The minimum Gasteiger partial charge on any atom is -0.497 e. The van der Waals surface area contributed by atoms with Crippen molar-refractivity contribution in [2.75, 3.05) is 25.6 Å². The van der Waals surface area contributed by atoms with Crippen molar-refractivity contribution in [3.8, 4) is 11.5 Å². The van der Waals surface area contributed by atoms with E-state index in [9.17, 15) is 9.59 Å². The highest BCUT2D eigenvalue weighted by molar-refractivity contribution is 5.93. The molecule has 0 saturated carbocycles.